The first-order chi connectivity index (χ1) is 8.17. The third-order valence-electron chi connectivity index (χ3n) is 2.97. The molecule has 1 aromatic carbocycles. The van der Waals surface area contributed by atoms with Gasteiger partial charge in [-0.3, -0.25) is 4.90 Å². The maximum absolute atomic E-state index is 3.85. The molecule has 94 valence electrons. The minimum atomic E-state index is 0.608. The van der Waals surface area contributed by atoms with Crippen LogP contribution in [0.25, 0.3) is 0 Å². The second-order valence-electron chi connectivity index (χ2n) is 4.49. The summed E-state index contributed by atoms with van der Waals surface area (Å²) in [6, 6.07) is 9.14. The van der Waals surface area contributed by atoms with Gasteiger partial charge in [0.25, 0.3) is 0 Å². The molecule has 1 unspecified atom stereocenters. The molecule has 0 saturated carbocycles. The Labute approximate surface area is 114 Å². The average Bonchev–Trinajstić information content (AvgIpc) is 2.29. The van der Waals surface area contributed by atoms with Crippen LogP contribution in [0.3, 0.4) is 0 Å². The monoisotopic (exact) mass is 295 g/mol. The van der Waals surface area contributed by atoms with Gasteiger partial charge in [0.05, 0.1) is 0 Å². The van der Waals surface area contributed by atoms with E-state index in [0.29, 0.717) is 6.04 Å². The van der Waals surface area contributed by atoms with E-state index in [1.54, 1.807) is 0 Å². The summed E-state index contributed by atoms with van der Waals surface area (Å²) < 4.78 is 1.15. The first-order valence-corrected chi connectivity index (χ1v) is 7.06. The first kappa shape index (κ1) is 14.5. The SMILES string of the molecule is C=CCN(Cc1cccc(Br)c1)C(C)CCC. The Morgan fingerprint density at radius 2 is 2.24 bits per heavy atom. The van der Waals surface area contributed by atoms with Gasteiger partial charge in [-0.2, -0.15) is 0 Å². The van der Waals surface area contributed by atoms with Gasteiger partial charge in [0.1, 0.15) is 0 Å². The molecule has 1 aromatic rings. The third kappa shape index (κ3) is 5.05. The van der Waals surface area contributed by atoms with Crippen molar-refractivity contribution in [1.29, 1.82) is 0 Å². The van der Waals surface area contributed by atoms with Crippen LogP contribution in [0, 0.1) is 0 Å². The van der Waals surface area contributed by atoms with Gasteiger partial charge < -0.3 is 0 Å². The van der Waals surface area contributed by atoms with Crippen LogP contribution in [0.5, 0.6) is 0 Å². The molecule has 1 atom stereocenters. The van der Waals surface area contributed by atoms with Crippen molar-refractivity contribution in [3.05, 3.63) is 47.0 Å². The topological polar surface area (TPSA) is 3.24 Å². The fraction of sp³-hybridized carbons (Fsp3) is 0.467. The van der Waals surface area contributed by atoms with Crippen molar-refractivity contribution in [2.45, 2.75) is 39.3 Å². The zero-order valence-electron chi connectivity index (χ0n) is 10.8. The maximum atomic E-state index is 3.85. The highest BCUT2D eigenvalue weighted by Crippen LogP contribution is 2.16. The molecule has 0 heterocycles. The minimum Gasteiger partial charge on any atom is -0.293 e. The Morgan fingerprint density at radius 3 is 2.82 bits per heavy atom. The Morgan fingerprint density at radius 1 is 1.47 bits per heavy atom. The molecule has 0 saturated heterocycles. The lowest BCUT2D eigenvalue weighted by molar-refractivity contribution is 0.211. The quantitative estimate of drug-likeness (QED) is 0.663. The number of halogens is 1. The van der Waals surface area contributed by atoms with Crippen molar-refractivity contribution >= 4 is 15.9 Å². The summed E-state index contributed by atoms with van der Waals surface area (Å²) in [5, 5.41) is 0. The number of hydrogen-bond donors (Lipinski definition) is 0. The van der Waals surface area contributed by atoms with Crippen molar-refractivity contribution in [2.75, 3.05) is 6.54 Å². The van der Waals surface area contributed by atoms with E-state index in [2.05, 4.69) is 65.5 Å². The molecule has 0 fully saturated rings. The Bertz CT molecular complexity index is 349. The number of hydrogen-bond acceptors (Lipinski definition) is 1. The Hall–Kier alpha value is -0.600. The van der Waals surface area contributed by atoms with Gasteiger partial charge in [-0.25, -0.2) is 0 Å². The van der Waals surface area contributed by atoms with Crippen LogP contribution in [-0.4, -0.2) is 17.5 Å². The van der Waals surface area contributed by atoms with E-state index in [9.17, 15) is 0 Å². The molecular formula is C15H22BrN. The molecule has 0 spiro atoms. The molecule has 0 bridgehead atoms. The molecule has 1 rings (SSSR count). The molecule has 17 heavy (non-hydrogen) atoms. The van der Waals surface area contributed by atoms with Crippen LogP contribution in [0.1, 0.15) is 32.3 Å². The van der Waals surface area contributed by atoms with Crippen LogP contribution in [0.2, 0.25) is 0 Å². The number of benzene rings is 1. The number of rotatable bonds is 7. The summed E-state index contributed by atoms with van der Waals surface area (Å²) in [5.74, 6) is 0. The van der Waals surface area contributed by atoms with Gasteiger partial charge in [0.15, 0.2) is 0 Å². The van der Waals surface area contributed by atoms with E-state index < -0.39 is 0 Å². The van der Waals surface area contributed by atoms with Crippen LogP contribution in [0.15, 0.2) is 41.4 Å². The molecule has 2 heteroatoms. The smallest absolute Gasteiger partial charge is 0.0240 e. The van der Waals surface area contributed by atoms with Crippen molar-refractivity contribution < 1.29 is 0 Å². The van der Waals surface area contributed by atoms with Crippen LogP contribution in [0.4, 0.5) is 0 Å². The molecule has 0 amide bonds. The Balaban J connectivity index is 2.68. The summed E-state index contributed by atoms with van der Waals surface area (Å²) >= 11 is 3.52. The molecule has 0 N–H and O–H groups in total. The minimum absolute atomic E-state index is 0.608. The number of nitrogens with zero attached hydrogens (tertiary/aromatic N) is 1. The van der Waals surface area contributed by atoms with Crippen LogP contribution in [-0.2, 0) is 6.54 Å². The second kappa shape index (κ2) is 7.67. The van der Waals surface area contributed by atoms with E-state index in [1.165, 1.54) is 18.4 Å². The predicted molar refractivity (Wildman–Crippen MR) is 79.1 cm³/mol. The van der Waals surface area contributed by atoms with Gasteiger partial charge in [-0.15, -0.1) is 6.58 Å². The van der Waals surface area contributed by atoms with Gasteiger partial charge in [-0.1, -0.05) is 47.5 Å². The lowest BCUT2D eigenvalue weighted by Gasteiger charge is -2.28. The molecule has 0 aliphatic heterocycles. The molecule has 0 radical (unpaired) electrons. The summed E-state index contributed by atoms with van der Waals surface area (Å²) in [5.41, 5.74) is 1.35. The van der Waals surface area contributed by atoms with Crippen molar-refractivity contribution in [3.63, 3.8) is 0 Å². The zero-order valence-corrected chi connectivity index (χ0v) is 12.4. The van der Waals surface area contributed by atoms with E-state index >= 15 is 0 Å². The van der Waals surface area contributed by atoms with Crippen molar-refractivity contribution in [3.8, 4) is 0 Å². The Kier molecular flexibility index (Phi) is 6.53. The molecule has 0 aromatic heterocycles. The van der Waals surface area contributed by atoms with Crippen molar-refractivity contribution in [2.24, 2.45) is 0 Å². The highest BCUT2D eigenvalue weighted by molar-refractivity contribution is 9.10. The zero-order chi connectivity index (χ0) is 12.7. The largest absolute Gasteiger partial charge is 0.293 e. The lowest BCUT2D eigenvalue weighted by atomic mass is 10.1. The van der Waals surface area contributed by atoms with Gasteiger partial charge in [0.2, 0.25) is 0 Å². The van der Waals surface area contributed by atoms with E-state index in [0.717, 1.165) is 17.6 Å². The van der Waals surface area contributed by atoms with Crippen LogP contribution >= 0.6 is 15.9 Å². The van der Waals surface area contributed by atoms with Gasteiger partial charge >= 0.3 is 0 Å². The lowest BCUT2D eigenvalue weighted by Crippen LogP contribution is -2.32. The van der Waals surface area contributed by atoms with E-state index in [-0.39, 0.29) is 0 Å². The first-order valence-electron chi connectivity index (χ1n) is 6.26. The third-order valence-corrected chi connectivity index (χ3v) is 3.46. The highest BCUT2D eigenvalue weighted by atomic mass is 79.9. The second-order valence-corrected chi connectivity index (χ2v) is 5.40. The van der Waals surface area contributed by atoms with Crippen molar-refractivity contribution in [1.82, 2.24) is 4.90 Å². The van der Waals surface area contributed by atoms with Gasteiger partial charge in [-0.05, 0) is 31.0 Å². The van der Waals surface area contributed by atoms with E-state index in [1.807, 2.05) is 6.08 Å². The fourth-order valence-electron chi connectivity index (χ4n) is 2.04. The standard InChI is InChI=1S/C15H22BrN/c1-4-7-13(3)17(10-5-2)12-14-8-6-9-15(16)11-14/h5-6,8-9,11,13H,2,4,7,10,12H2,1,3H3. The summed E-state index contributed by atoms with van der Waals surface area (Å²) in [4.78, 5) is 2.47. The highest BCUT2D eigenvalue weighted by Gasteiger charge is 2.11. The normalized spacial score (nSPS) is 12.7. The maximum Gasteiger partial charge on any atom is 0.0240 e. The average molecular weight is 296 g/mol. The predicted octanol–water partition coefficient (Wildman–Crippen LogP) is 4.63. The summed E-state index contributed by atoms with van der Waals surface area (Å²) in [7, 11) is 0. The van der Waals surface area contributed by atoms with Gasteiger partial charge in [0, 0.05) is 23.6 Å². The summed E-state index contributed by atoms with van der Waals surface area (Å²) in [6.45, 7) is 10.3. The fourth-order valence-corrected chi connectivity index (χ4v) is 2.48. The molecular weight excluding hydrogens is 274 g/mol. The molecule has 0 aliphatic carbocycles. The van der Waals surface area contributed by atoms with E-state index in [4.69, 9.17) is 0 Å². The molecule has 1 nitrogen and oxygen atoms in total. The summed E-state index contributed by atoms with van der Waals surface area (Å²) in [6.07, 6.45) is 4.46. The van der Waals surface area contributed by atoms with Crippen LogP contribution < -0.4 is 0 Å². The molecule has 0 aliphatic rings.